The molecule has 1 aliphatic heterocycles. The standard InChI is InChI=1S/C65H63BN2O/c1-40-34-49-51(64(6,7)32-30-62(49,2)3)38-55(40)68-56-39-52-50(63(4,5)31-33-65(52,8)9)37-53(56)66-60-48(36-58-59(61(60)68)46-22-16-17-23-57(46)69-58)47-35-44(42-20-14-11-15-21-42)26-29-54(47)67-45-27-24-43(25-28-45)41-18-12-10-13-19-41/h10-29,34-39,66-67H,30-33H2,1-9H3. The van der Waals surface area contributed by atoms with Crippen molar-refractivity contribution in [2.45, 2.75) is 110 Å². The van der Waals surface area contributed by atoms with Gasteiger partial charge < -0.3 is 14.6 Å². The molecule has 69 heavy (non-hydrogen) atoms. The van der Waals surface area contributed by atoms with Gasteiger partial charge >= 0.3 is 0 Å². The molecule has 0 unspecified atom stereocenters. The van der Waals surface area contributed by atoms with Crippen molar-refractivity contribution in [2.75, 3.05) is 10.2 Å². The highest BCUT2D eigenvalue weighted by molar-refractivity contribution is 6.74. The molecule has 2 aliphatic carbocycles. The Kier molecular flexibility index (Phi) is 9.85. The monoisotopic (exact) mass is 899 g/mol. The van der Waals surface area contributed by atoms with Crippen LogP contribution in [0.2, 0.25) is 0 Å². The summed E-state index contributed by atoms with van der Waals surface area (Å²) < 4.78 is 7.07. The van der Waals surface area contributed by atoms with Crippen molar-refractivity contribution in [3.63, 3.8) is 0 Å². The second-order valence-electron chi connectivity index (χ2n) is 23.2. The fourth-order valence-corrected chi connectivity index (χ4v) is 12.3. The molecule has 9 aromatic rings. The minimum absolute atomic E-state index is 0.0356. The maximum Gasteiger partial charge on any atom is 0.198 e. The van der Waals surface area contributed by atoms with Gasteiger partial charge in [-0.15, -0.1) is 0 Å². The molecule has 12 rings (SSSR count). The number of rotatable bonds is 6. The molecule has 0 spiro atoms. The third-order valence-electron chi connectivity index (χ3n) is 16.7. The number of hydrogen-bond acceptors (Lipinski definition) is 3. The van der Waals surface area contributed by atoms with Gasteiger partial charge in [-0.2, -0.15) is 0 Å². The molecule has 2 heterocycles. The highest BCUT2D eigenvalue weighted by Gasteiger charge is 2.42. The summed E-state index contributed by atoms with van der Waals surface area (Å²) in [5, 5.41) is 6.27. The lowest BCUT2D eigenvalue weighted by Crippen LogP contribution is -2.44. The predicted octanol–water partition coefficient (Wildman–Crippen LogP) is 16.5. The van der Waals surface area contributed by atoms with Crippen LogP contribution in [0.25, 0.3) is 55.3 Å². The van der Waals surface area contributed by atoms with Gasteiger partial charge in [-0.1, -0.05) is 170 Å². The summed E-state index contributed by atoms with van der Waals surface area (Å²) >= 11 is 0. The number of nitrogens with one attached hydrogen (secondary N) is 1. The highest BCUT2D eigenvalue weighted by Crippen LogP contribution is 2.54. The first-order valence-electron chi connectivity index (χ1n) is 25.3. The highest BCUT2D eigenvalue weighted by atomic mass is 16.3. The van der Waals surface area contributed by atoms with Crippen LogP contribution in [0.4, 0.5) is 28.4 Å². The topological polar surface area (TPSA) is 28.4 Å². The van der Waals surface area contributed by atoms with E-state index < -0.39 is 0 Å². The van der Waals surface area contributed by atoms with Crippen molar-refractivity contribution in [1.29, 1.82) is 0 Å². The molecule has 342 valence electrons. The Morgan fingerprint density at radius 1 is 0.478 bits per heavy atom. The van der Waals surface area contributed by atoms with Crippen LogP contribution in [0.1, 0.15) is 109 Å². The summed E-state index contributed by atoms with van der Waals surface area (Å²) in [7, 11) is 0.791. The molecular formula is C65H63BN2O. The van der Waals surface area contributed by atoms with Gasteiger partial charge in [0.2, 0.25) is 0 Å². The molecule has 0 fully saturated rings. The fraction of sp³-hybridized carbons (Fsp3) is 0.262. The smallest absolute Gasteiger partial charge is 0.198 e. The van der Waals surface area contributed by atoms with E-state index in [1.807, 2.05) is 0 Å². The third kappa shape index (κ3) is 7.16. The van der Waals surface area contributed by atoms with Crippen LogP contribution in [0.5, 0.6) is 0 Å². The summed E-state index contributed by atoms with van der Waals surface area (Å²) in [5.41, 5.74) is 25.0. The zero-order valence-electron chi connectivity index (χ0n) is 41.9. The van der Waals surface area contributed by atoms with E-state index in [-0.39, 0.29) is 21.7 Å². The number of hydrogen-bond donors (Lipinski definition) is 1. The van der Waals surface area contributed by atoms with Gasteiger partial charge in [-0.05, 0) is 164 Å². The summed E-state index contributed by atoms with van der Waals surface area (Å²) in [6.07, 6.45) is 4.66. The number of aryl methyl sites for hydroxylation is 1. The minimum atomic E-state index is 0.0356. The first kappa shape index (κ1) is 43.5. The molecule has 0 atom stereocenters. The lowest BCUT2D eigenvalue weighted by molar-refractivity contribution is 0.331. The van der Waals surface area contributed by atoms with E-state index in [0.717, 1.165) is 53.6 Å². The summed E-state index contributed by atoms with van der Waals surface area (Å²) in [5.74, 6) is 0. The maximum absolute atomic E-state index is 7.07. The molecule has 0 amide bonds. The summed E-state index contributed by atoms with van der Waals surface area (Å²) in [4.78, 5) is 2.70. The van der Waals surface area contributed by atoms with Gasteiger partial charge in [0, 0.05) is 33.7 Å². The van der Waals surface area contributed by atoms with Crippen molar-refractivity contribution in [3.05, 3.63) is 186 Å². The van der Waals surface area contributed by atoms with Crippen LogP contribution >= 0.6 is 0 Å². The average molecular weight is 899 g/mol. The van der Waals surface area contributed by atoms with Crippen molar-refractivity contribution < 1.29 is 4.42 Å². The number of anilines is 5. The predicted molar refractivity (Wildman–Crippen MR) is 296 cm³/mol. The van der Waals surface area contributed by atoms with Gasteiger partial charge in [0.05, 0.1) is 11.1 Å². The third-order valence-corrected chi connectivity index (χ3v) is 16.7. The van der Waals surface area contributed by atoms with E-state index in [1.165, 1.54) is 102 Å². The molecule has 3 nitrogen and oxygen atoms in total. The van der Waals surface area contributed by atoms with Crippen LogP contribution in [0, 0.1) is 6.92 Å². The van der Waals surface area contributed by atoms with Gasteiger partial charge in [0.15, 0.2) is 7.28 Å². The molecule has 1 aromatic heterocycles. The number of furan rings is 1. The molecule has 0 saturated carbocycles. The van der Waals surface area contributed by atoms with E-state index in [9.17, 15) is 0 Å². The maximum atomic E-state index is 7.07. The summed E-state index contributed by atoms with van der Waals surface area (Å²) in [6.45, 7) is 22.0. The van der Waals surface area contributed by atoms with Crippen molar-refractivity contribution in [2.24, 2.45) is 0 Å². The van der Waals surface area contributed by atoms with E-state index in [0.29, 0.717) is 0 Å². The quantitative estimate of drug-likeness (QED) is 0.169. The Morgan fingerprint density at radius 3 is 1.64 bits per heavy atom. The fourth-order valence-electron chi connectivity index (χ4n) is 12.3. The van der Waals surface area contributed by atoms with Crippen LogP contribution in [-0.2, 0) is 21.7 Å². The Labute approximate surface area is 409 Å². The normalized spacial score (nSPS) is 17.1. The molecule has 3 aliphatic rings. The van der Waals surface area contributed by atoms with E-state index in [1.54, 1.807) is 0 Å². The zero-order valence-corrected chi connectivity index (χ0v) is 41.9. The number of fused-ring (bicyclic) bond motifs is 8. The largest absolute Gasteiger partial charge is 0.456 e. The first-order valence-corrected chi connectivity index (χ1v) is 25.3. The molecule has 0 saturated heterocycles. The molecular weight excluding hydrogens is 836 g/mol. The minimum Gasteiger partial charge on any atom is -0.456 e. The number of benzene rings is 8. The van der Waals surface area contributed by atoms with E-state index in [4.69, 9.17) is 4.42 Å². The van der Waals surface area contributed by atoms with Crippen LogP contribution < -0.4 is 21.1 Å². The van der Waals surface area contributed by atoms with Crippen LogP contribution in [0.15, 0.2) is 162 Å². The van der Waals surface area contributed by atoms with Gasteiger partial charge in [-0.3, -0.25) is 0 Å². The average Bonchev–Trinajstić information content (AvgIpc) is 3.73. The SMILES string of the molecule is Cc1cc2c(cc1N1c3cc4c(cc3Bc3c(-c5cc(-c6ccccc6)ccc5Nc5ccc(-c6ccccc6)cc5)cc5oc6ccccc6c5c31)C(C)(C)CCC4(C)C)C(C)(C)CCC2(C)C. The Hall–Kier alpha value is -6.78. The zero-order chi connectivity index (χ0) is 47.6. The number of nitrogens with zero attached hydrogens (tertiary/aromatic N) is 1. The number of para-hydroxylation sites is 1. The van der Waals surface area contributed by atoms with Crippen molar-refractivity contribution in [3.8, 4) is 33.4 Å². The Bertz CT molecular complexity index is 3480. The first-order chi connectivity index (χ1) is 33.1. The second kappa shape index (κ2) is 15.6. The van der Waals surface area contributed by atoms with Crippen LogP contribution in [-0.4, -0.2) is 7.28 Å². The van der Waals surface area contributed by atoms with Crippen molar-refractivity contribution in [1.82, 2.24) is 0 Å². The van der Waals surface area contributed by atoms with Crippen LogP contribution in [0.3, 0.4) is 0 Å². The molecule has 1 N–H and O–H groups in total. The Morgan fingerprint density at radius 2 is 1.00 bits per heavy atom. The van der Waals surface area contributed by atoms with Crippen molar-refractivity contribution >= 4 is 68.6 Å². The van der Waals surface area contributed by atoms with Gasteiger partial charge in [0.1, 0.15) is 11.2 Å². The summed E-state index contributed by atoms with van der Waals surface area (Å²) in [6, 6.07) is 58.7. The molecule has 8 aromatic carbocycles. The Balaban J connectivity index is 1.17. The lowest BCUT2D eigenvalue weighted by Gasteiger charge is -2.45. The molecule has 0 radical (unpaired) electrons. The van der Waals surface area contributed by atoms with E-state index >= 15 is 0 Å². The van der Waals surface area contributed by atoms with Gasteiger partial charge in [-0.25, -0.2) is 0 Å². The van der Waals surface area contributed by atoms with E-state index in [2.05, 4.69) is 230 Å². The molecule has 0 bridgehead atoms. The lowest BCUT2D eigenvalue weighted by atomic mass is 9.55. The van der Waals surface area contributed by atoms with Gasteiger partial charge in [0.25, 0.3) is 0 Å². The second-order valence-corrected chi connectivity index (χ2v) is 23.2. The molecule has 4 heteroatoms.